The van der Waals surface area contributed by atoms with Crippen molar-refractivity contribution < 1.29 is 9.84 Å². The van der Waals surface area contributed by atoms with Crippen LogP contribution in [0.15, 0.2) is 24.3 Å². The summed E-state index contributed by atoms with van der Waals surface area (Å²) in [6.45, 7) is 4.98. The van der Waals surface area contributed by atoms with E-state index in [4.69, 9.17) is 4.74 Å². The molecule has 1 N–H and O–H groups in total. The molecular weight excluding hydrogens is 176 g/mol. The predicted molar refractivity (Wildman–Crippen MR) is 57.3 cm³/mol. The smallest absolute Gasteiger partial charge is 0.0684 e. The van der Waals surface area contributed by atoms with Gasteiger partial charge in [-0.25, -0.2) is 0 Å². The van der Waals surface area contributed by atoms with Crippen molar-refractivity contribution >= 4 is 0 Å². The summed E-state index contributed by atoms with van der Waals surface area (Å²) in [7, 11) is 1.70. The first-order valence-electron chi connectivity index (χ1n) is 4.80. The molecule has 0 aliphatic rings. The quantitative estimate of drug-likeness (QED) is 0.795. The summed E-state index contributed by atoms with van der Waals surface area (Å²) in [4.78, 5) is 0. The maximum Gasteiger partial charge on any atom is 0.0684 e. The van der Waals surface area contributed by atoms with Crippen LogP contribution in [0.3, 0.4) is 0 Å². The summed E-state index contributed by atoms with van der Waals surface area (Å²) >= 11 is 0. The zero-order chi connectivity index (χ0) is 10.6. The van der Waals surface area contributed by atoms with Gasteiger partial charge in [-0.3, -0.25) is 0 Å². The number of benzene rings is 1. The van der Waals surface area contributed by atoms with Crippen LogP contribution in [0.5, 0.6) is 0 Å². The third kappa shape index (κ3) is 2.34. The van der Waals surface area contributed by atoms with Crippen molar-refractivity contribution in [1.29, 1.82) is 0 Å². The lowest BCUT2D eigenvalue weighted by atomic mass is 9.82. The van der Waals surface area contributed by atoms with Crippen molar-refractivity contribution in [2.75, 3.05) is 13.7 Å². The van der Waals surface area contributed by atoms with Crippen molar-refractivity contribution in [3.05, 3.63) is 35.4 Å². The molecule has 0 atom stereocenters. The molecule has 0 amide bonds. The second kappa shape index (κ2) is 4.58. The Balaban J connectivity index is 3.04. The van der Waals surface area contributed by atoms with Crippen molar-refractivity contribution in [2.24, 2.45) is 0 Å². The van der Waals surface area contributed by atoms with E-state index in [0.717, 1.165) is 11.1 Å². The van der Waals surface area contributed by atoms with E-state index < -0.39 is 0 Å². The summed E-state index contributed by atoms with van der Waals surface area (Å²) in [5.41, 5.74) is 2.09. The first-order chi connectivity index (χ1) is 6.61. The van der Waals surface area contributed by atoms with Crippen LogP contribution < -0.4 is 0 Å². The van der Waals surface area contributed by atoms with Crippen LogP contribution in [0.25, 0.3) is 0 Å². The van der Waals surface area contributed by atoms with Gasteiger partial charge in [0.1, 0.15) is 0 Å². The Hall–Kier alpha value is -0.860. The molecule has 0 heterocycles. The Morgan fingerprint density at radius 3 is 2.50 bits per heavy atom. The number of methoxy groups -OCH3 is 1. The van der Waals surface area contributed by atoms with E-state index in [9.17, 15) is 5.11 Å². The van der Waals surface area contributed by atoms with Gasteiger partial charge in [-0.2, -0.15) is 0 Å². The number of rotatable bonds is 4. The molecule has 0 aliphatic carbocycles. The summed E-state index contributed by atoms with van der Waals surface area (Å²) in [5.74, 6) is 0. The van der Waals surface area contributed by atoms with Gasteiger partial charge in [-0.1, -0.05) is 38.1 Å². The van der Waals surface area contributed by atoms with Gasteiger partial charge in [0.25, 0.3) is 0 Å². The Labute approximate surface area is 85.5 Å². The van der Waals surface area contributed by atoms with Gasteiger partial charge < -0.3 is 9.84 Å². The van der Waals surface area contributed by atoms with Crippen LogP contribution in [-0.4, -0.2) is 18.8 Å². The van der Waals surface area contributed by atoms with Gasteiger partial charge in [0.05, 0.1) is 13.2 Å². The van der Waals surface area contributed by atoms with E-state index in [1.54, 1.807) is 7.11 Å². The van der Waals surface area contributed by atoms with Crippen LogP contribution in [0.2, 0.25) is 0 Å². The molecule has 0 saturated heterocycles. The summed E-state index contributed by atoms with van der Waals surface area (Å²) in [6, 6.07) is 7.93. The standard InChI is InChI=1S/C12H18O2/c1-12(2,9-14-3)11-7-5-4-6-10(11)8-13/h4-7,13H,8-9H2,1-3H3. The molecule has 0 bridgehead atoms. The van der Waals surface area contributed by atoms with E-state index in [0.29, 0.717) is 6.61 Å². The lowest BCUT2D eigenvalue weighted by molar-refractivity contribution is 0.145. The van der Waals surface area contributed by atoms with E-state index in [1.165, 1.54) is 0 Å². The molecule has 2 heteroatoms. The van der Waals surface area contributed by atoms with Gasteiger partial charge in [0.15, 0.2) is 0 Å². The zero-order valence-corrected chi connectivity index (χ0v) is 9.08. The fourth-order valence-electron chi connectivity index (χ4n) is 1.76. The highest BCUT2D eigenvalue weighted by Gasteiger charge is 2.22. The van der Waals surface area contributed by atoms with Gasteiger partial charge in [0, 0.05) is 12.5 Å². The van der Waals surface area contributed by atoms with E-state index in [1.807, 2.05) is 24.3 Å². The molecule has 1 aromatic rings. The normalized spacial score (nSPS) is 11.7. The molecule has 0 fully saturated rings. The number of hydrogen-bond donors (Lipinski definition) is 1. The van der Waals surface area contributed by atoms with Crippen molar-refractivity contribution in [3.8, 4) is 0 Å². The fraction of sp³-hybridized carbons (Fsp3) is 0.500. The second-order valence-corrected chi connectivity index (χ2v) is 4.13. The largest absolute Gasteiger partial charge is 0.392 e. The first kappa shape index (κ1) is 11.2. The maximum atomic E-state index is 9.21. The van der Waals surface area contributed by atoms with Crippen LogP contribution in [0.1, 0.15) is 25.0 Å². The predicted octanol–water partition coefficient (Wildman–Crippen LogP) is 2.10. The van der Waals surface area contributed by atoms with Gasteiger partial charge >= 0.3 is 0 Å². The minimum atomic E-state index is -0.0475. The lowest BCUT2D eigenvalue weighted by Crippen LogP contribution is -2.25. The van der Waals surface area contributed by atoms with E-state index in [2.05, 4.69) is 13.8 Å². The van der Waals surface area contributed by atoms with Crippen molar-refractivity contribution in [3.63, 3.8) is 0 Å². The monoisotopic (exact) mass is 194 g/mol. The summed E-state index contributed by atoms with van der Waals surface area (Å²) in [5, 5.41) is 9.21. The molecule has 0 radical (unpaired) electrons. The van der Waals surface area contributed by atoms with Gasteiger partial charge in [-0.05, 0) is 11.1 Å². The highest BCUT2D eigenvalue weighted by molar-refractivity contribution is 5.32. The van der Waals surface area contributed by atoms with Crippen molar-refractivity contribution in [1.82, 2.24) is 0 Å². The van der Waals surface area contributed by atoms with Crippen LogP contribution in [0, 0.1) is 0 Å². The third-order valence-corrected chi connectivity index (χ3v) is 2.42. The van der Waals surface area contributed by atoms with Gasteiger partial charge in [0.2, 0.25) is 0 Å². The number of ether oxygens (including phenoxy) is 1. The van der Waals surface area contributed by atoms with Crippen LogP contribution in [0.4, 0.5) is 0 Å². The number of aliphatic hydroxyl groups excluding tert-OH is 1. The Bertz CT molecular complexity index is 292. The molecule has 2 nitrogen and oxygen atoms in total. The summed E-state index contributed by atoms with van der Waals surface area (Å²) < 4.78 is 5.18. The molecule has 0 saturated carbocycles. The molecule has 0 unspecified atom stereocenters. The summed E-state index contributed by atoms with van der Waals surface area (Å²) in [6.07, 6.45) is 0. The molecule has 0 spiro atoms. The van der Waals surface area contributed by atoms with E-state index in [-0.39, 0.29) is 12.0 Å². The Kier molecular flexibility index (Phi) is 3.67. The molecule has 78 valence electrons. The second-order valence-electron chi connectivity index (χ2n) is 4.13. The molecule has 0 aromatic heterocycles. The van der Waals surface area contributed by atoms with Crippen LogP contribution in [-0.2, 0) is 16.8 Å². The molecule has 1 aromatic carbocycles. The molecule has 1 rings (SSSR count). The molecular formula is C12H18O2. The molecule has 14 heavy (non-hydrogen) atoms. The molecule has 0 aliphatic heterocycles. The average molecular weight is 194 g/mol. The van der Waals surface area contributed by atoms with Crippen LogP contribution >= 0.6 is 0 Å². The first-order valence-corrected chi connectivity index (χ1v) is 4.80. The third-order valence-electron chi connectivity index (χ3n) is 2.42. The number of aliphatic hydroxyl groups is 1. The topological polar surface area (TPSA) is 29.5 Å². The average Bonchev–Trinajstić information content (AvgIpc) is 2.18. The fourth-order valence-corrected chi connectivity index (χ4v) is 1.76. The minimum Gasteiger partial charge on any atom is -0.392 e. The highest BCUT2D eigenvalue weighted by Crippen LogP contribution is 2.26. The highest BCUT2D eigenvalue weighted by atomic mass is 16.5. The number of hydrogen-bond acceptors (Lipinski definition) is 2. The van der Waals surface area contributed by atoms with Gasteiger partial charge in [-0.15, -0.1) is 0 Å². The lowest BCUT2D eigenvalue weighted by Gasteiger charge is -2.26. The zero-order valence-electron chi connectivity index (χ0n) is 9.08. The minimum absolute atomic E-state index is 0.0475. The SMILES string of the molecule is COCC(C)(C)c1ccccc1CO. The van der Waals surface area contributed by atoms with Crippen molar-refractivity contribution in [2.45, 2.75) is 25.9 Å². The Morgan fingerprint density at radius 1 is 1.29 bits per heavy atom. The maximum absolute atomic E-state index is 9.21. The van der Waals surface area contributed by atoms with E-state index >= 15 is 0 Å². The Morgan fingerprint density at radius 2 is 1.93 bits per heavy atom.